The van der Waals surface area contributed by atoms with Crippen LogP contribution in [0, 0.1) is 24.0 Å². The number of phenolic OH excluding ortho intramolecular Hbond substituents is 1. The molecule has 14 heteroatoms. The number of nitrogens with zero attached hydrogens (tertiary/aromatic N) is 5. The summed E-state index contributed by atoms with van der Waals surface area (Å²) in [4.78, 5) is 27.3. The maximum atomic E-state index is 16.5. The van der Waals surface area contributed by atoms with Crippen LogP contribution < -0.4 is 9.64 Å². The number of ether oxygens (including phenoxy) is 2. The van der Waals surface area contributed by atoms with E-state index in [1.807, 2.05) is 6.92 Å². The number of phenols is 1. The molecule has 11 nitrogen and oxygen atoms in total. The van der Waals surface area contributed by atoms with Crippen LogP contribution in [0.3, 0.4) is 0 Å². The number of carbonyl (C=O) groups is 1. The highest BCUT2D eigenvalue weighted by Crippen LogP contribution is 2.52. The van der Waals surface area contributed by atoms with Crippen molar-refractivity contribution in [2.45, 2.75) is 45.2 Å². The van der Waals surface area contributed by atoms with Crippen molar-refractivity contribution in [2.75, 3.05) is 44.9 Å². The Bertz CT molecular complexity index is 1860. The molecule has 2 aliphatic rings. The number of rotatable bonds is 11. The number of aromatic nitrogens is 3. The molecule has 2 fully saturated rings. The first-order valence-corrected chi connectivity index (χ1v) is 16.5. The third-order valence-corrected chi connectivity index (χ3v) is 10.2. The number of terminal acetylenes is 1. The lowest BCUT2D eigenvalue weighted by Crippen LogP contribution is -2.52. The summed E-state index contributed by atoms with van der Waals surface area (Å²) in [6.45, 7) is 5.71. The van der Waals surface area contributed by atoms with Crippen molar-refractivity contribution in [3.05, 3.63) is 47.7 Å². The van der Waals surface area contributed by atoms with E-state index in [-0.39, 0.29) is 70.6 Å². The van der Waals surface area contributed by atoms with E-state index in [2.05, 4.69) is 30.4 Å². The Balaban J connectivity index is 1.35. The summed E-state index contributed by atoms with van der Waals surface area (Å²) in [5.74, 6) is 0.894. The molecule has 2 aromatic carbocycles. The number of pyridine rings is 1. The normalized spacial score (nSPS) is 18.4. The molecule has 0 saturated carbocycles. The second-order valence-corrected chi connectivity index (χ2v) is 12.5. The van der Waals surface area contributed by atoms with Crippen molar-refractivity contribution < 1.29 is 37.2 Å². The van der Waals surface area contributed by atoms with Crippen LogP contribution in [0.5, 0.6) is 11.8 Å². The lowest BCUT2D eigenvalue weighted by molar-refractivity contribution is -0.143. The van der Waals surface area contributed by atoms with Crippen LogP contribution in [0.4, 0.5) is 14.6 Å². The van der Waals surface area contributed by atoms with Gasteiger partial charge in [0.05, 0.1) is 44.3 Å². The van der Waals surface area contributed by atoms with Gasteiger partial charge < -0.3 is 28.5 Å². The largest absolute Gasteiger partial charge is 0.508 e. The molecule has 0 spiro atoms. The standard InChI is InChI=1S/C33H34F2N5O6P/c1-5-23-26(34)11-8-19-14-22(41)15-24(28(19)23)30-29(35)31-25(16-36-30)32(38-33(37-31)43-4)39-17-20-9-10-21(18-39)40(20)47(45-7-3)46-13-12-27(42)44-6-2/h1,8,11,14-16,20-21,41H,6-7,9-10,12-13,17-18H2,2-4H3. The van der Waals surface area contributed by atoms with Gasteiger partial charge >= 0.3 is 12.0 Å². The Morgan fingerprint density at radius 1 is 1.13 bits per heavy atom. The maximum Gasteiger partial charge on any atom is 0.318 e. The van der Waals surface area contributed by atoms with Crippen LogP contribution in [0.1, 0.15) is 38.7 Å². The summed E-state index contributed by atoms with van der Waals surface area (Å²) in [7, 11) is -0.0153. The minimum Gasteiger partial charge on any atom is -0.508 e. The van der Waals surface area contributed by atoms with Crippen LogP contribution in [-0.4, -0.2) is 82.8 Å². The zero-order valence-electron chi connectivity index (χ0n) is 26.2. The first kappa shape index (κ1) is 32.7. The van der Waals surface area contributed by atoms with E-state index >= 15 is 4.39 Å². The molecule has 2 aliphatic heterocycles. The molecule has 6 rings (SSSR count). The number of hydrogen-bond donors (Lipinski definition) is 1. The minimum absolute atomic E-state index is 0.0340. The zero-order valence-corrected chi connectivity index (χ0v) is 27.1. The van der Waals surface area contributed by atoms with Gasteiger partial charge in [0.15, 0.2) is 5.82 Å². The quantitative estimate of drug-likeness (QED) is 0.121. The highest BCUT2D eigenvalue weighted by molar-refractivity contribution is 7.44. The summed E-state index contributed by atoms with van der Waals surface area (Å²) in [6.07, 6.45) is 9.05. The molecule has 2 saturated heterocycles. The van der Waals surface area contributed by atoms with Gasteiger partial charge in [-0.1, -0.05) is 12.0 Å². The zero-order chi connectivity index (χ0) is 33.2. The lowest BCUT2D eigenvalue weighted by Gasteiger charge is -2.43. The third-order valence-electron chi connectivity index (χ3n) is 8.26. The molecule has 47 heavy (non-hydrogen) atoms. The van der Waals surface area contributed by atoms with Crippen molar-refractivity contribution in [3.8, 4) is 35.4 Å². The van der Waals surface area contributed by atoms with Crippen LogP contribution in [-0.2, 0) is 18.6 Å². The molecule has 1 N–H and O–H groups in total. The minimum atomic E-state index is -1.42. The van der Waals surface area contributed by atoms with Gasteiger partial charge in [0.1, 0.15) is 28.6 Å². The Morgan fingerprint density at radius 3 is 2.57 bits per heavy atom. The van der Waals surface area contributed by atoms with Crippen molar-refractivity contribution in [2.24, 2.45) is 0 Å². The molecule has 0 amide bonds. The molecule has 2 bridgehead atoms. The fraction of sp³-hybridized carbons (Fsp3) is 0.394. The number of piperazine rings is 1. The van der Waals surface area contributed by atoms with Gasteiger partial charge in [0.25, 0.3) is 8.53 Å². The number of halogens is 2. The lowest BCUT2D eigenvalue weighted by atomic mass is 9.96. The SMILES string of the molecule is C#Cc1c(F)ccc2cc(O)cc(-c3ncc4c(N5CC6CCC(C5)N6P(OCC)OCCC(=O)OCC)nc(OC)nc4c3F)c12. The van der Waals surface area contributed by atoms with Gasteiger partial charge in [-0.05, 0) is 50.3 Å². The van der Waals surface area contributed by atoms with E-state index in [9.17, 15) is 14.3 Å². The van der Waals surface area contributed by atoms with Crippen LogP contribution in [0.2, 0.25) is 0 Å². The van der Waals surface area contributed by atoms with Gasteiger partial charge in [0, 0.05) is 42.3 Å². The Hall–Kier alpha value is -4.21. The van der Waals surface area contributed by atoms with Gasteiger partial charge in [0.2, 0.25) is 0 Å². The number of benzene rings is 2. The number of hydrogen-bond acceptors (Lipinski definition) is 11. The summed E-state index contributed by atoms with van der Waals surface area (Å²) in [5.41, 5.74) is -0.130. The fourth-order valence-electron chi connectivity index (χ4n) is 6.34. The second-order valence-electron chi connectivity index (χ2n) is 11.1. The third kappa shape index (κ3) is 6.26. The van der Waals surface area contributed by atoms with Gasteiger partial charge in [-0.3, -0.25) is 9.78 Å². The van der Waals surface area contributed by atoms with Gasteiger partial charge in [-0.2, -0.15) is 9.97 Å². The monoisotopic (exact) mass is 665 g/mol. The second kappa shape index (κ2) is 13.9. The molecule has 4 heterocycles. The number of esters is 1. The smallest absolute Gasteiger partial charge is 0.318 e. The molecule has 4 aromatic rings. The number of methoxy groups -OCH3 is 1. The molecule has 3 atom stereocenters. The Labute approximate surface area is 271 Å². The van der Waals surface area contributed by atoms with E-state index in [0.717, 1.165) is 12.8 Å². The molecule has 246 valence electrons. The maximum absolute atomic E-state index is 16.5. The van der Waals surface area contributed by atoms with Crippen molar-refractivity contribution in [1.82, 2.24) is 19.6 Å². The fourth-order valence-corrected chi connectivity index (χ4v) is 8.06. The number of anilines is 1. The van der Waals surface area contributed by atoms with Gasteiger partial charge in [-0.15, -0.1) is 6.42 Å². The molecule has 3 unspecified atom stereocenters. The van der Waals surface area contributed by atoms with Crippen LogP contribution in [0.25, 0.3) is 32.9 Å². The average molecular weight is 666 g/mol. The van der Waals surface area contributed by atoms with E-state index < -0.39 is 20.2 Å². The van der Waals surface area contributed by atoms with Crippen molar-refractivity contribution in [3.63, 3.8) is 0 Å². The number of aromatic hydroxyl groups is 1. The van der Waals surface area contributed by atoms with Crippen molar-refractivity contribution in [1.29, 1.82) is 0 Å². The summed E-state index contributed by atoms with van der Waals surface area (Å²) in [5, 5.41) is 11.5. The summed E-state index contributed by atoms with van der Waals surface area (Å²) >= 11 is 0. The van der Waals surface area contributed by atoms with Gasteiger partial charge in [-0.25, -0.2) is 13.5 Å². The average Bonchev–Trinajstić information content (AvgIpc) is 3.32. The Kier molecular flexibility index (Phi) is 9.66. The first-order valence-electron chi connectivity index (χ1n) is 15.3. The van der Waals surface area contributed by atoms with Crippen LogP contribution in [0.15, 0.2) is 30.5 Å². The summed E-state index contributed by atoms with van der Waals surface area (Å²) in [6, 6.07) is 5.48. The highest BCUT2D eigenvalue weighted by atomic mass is 31.2. The van der Waals surface area contributed by atoms with E-state index in [1.165, 1.54) is 37.6 Å². The highest BCUT2D eigenvalue weighted by Gasteiger charge is 2.46. The predicted molar refractivity (Wildman–Crippen MR) is 173 cm³/mol. The van der Waals surface area contributed by atoms with Crippen molar-refractivity contribution >= 4 is 42.0 Å². The molecule has 2 aromatic heterocycles. The first-order chi connectivity index (χ1) is 22.8. The summed E-state index contributed by atoms with van der Waals surface area (Å²) < 4.78 is 56.1. The molecular formula is C33H34F2N5O6P. The van der Waals surface area contributed by atoms with E-state index in [4.69, 9.17) is 24.9 Å². The number of fused-ring (bicyclic) bond motifs is 4. The Morgan fingerprint density at radius 2 is 1.89 bits per heavy atom. The topological polar surface area (TPSA) is 119 Å². The van der Waals surface area contributed by atoms with Crippen LogP contribution >= 0.6 is 8.53 Å². The number of carbonyl (C=O) groups excluding carboxylic acids is 1. The van der Waals surface area contributed by atoms with E-state index in [1.54, 1.807) is 6.92 Å². The predicted octanol–water partition coefficient (Wildman–Crippen LogP) is 5.70. The molecular weight excluding hydrogens is 631 g/mol. The van der Waals surface area contributed by atoms with E-state index in [0.29, 0.717) is 42.9 Å². The molecule has 0 radical (unpaired) electrons. The molecule has 0 aliphatic carbocycles.